The van der Waals surface area contributed by atoms with Crippen LogP contribution in [0.15, 0.2) is 49.5 Å². The van der Waals surface area contributed by atoms with Crippen molar-refractivity contribution in [2.45, 2.75) is 19.0 Å². The van der Waals surface area contributed by atoms with Crippen LogP contribution in [0, 0.1) is 6.92 Å². The SMILES string of the molecule is COC(=O)c1coc(C2COC(c3cccc(C4=NC(c5nc(C)co5)CO4)n3)=N2)n1. The van der Waals surface area contributed by atoms with E-state index in [-0.39, 0.29) is 24.2 Å². The minimum Gasteiger partial charge on any atom is -0.474 e. The number of aliphatic imine (C=N–C) groups is 2. The van der Waals surface area contributed by atoms with Gasteiger partial charge in [0.15, 0.2) is 17.8 Å². The Morgan fingerprint density at radius 2 is 1.55 bits per heavy atom. The topological polar surface area (TPSA) is 134 Å². The molecule has 0 N–H and O–H groups in total. The summed E-state index contributed by atoms with van der Waals surface area (Å²) in [5.41, 5.74) is 1.92. The average Bonchev–Trinajstić information content (AvgIpc) is 3.59. The molecule has 0 saturated carbocycles. The van der Waals surface area contributed by atoms with Gasteiger partial charge in [-0.3, -0.25) is 0 Å². The van der Waals surface area contributed by atoms with Crippen molar-refractivity contribution in [2.75, 3.05) is 20.3 Å². The molecule has 2 aliphatic rings. The van der Waals surface area contributed by atoms with Crippen molar-refractivity contribution >= 4 is 17.8 Å². The maximum Gasteiger partial charge on any atom is 0.360 e. The Bertz CT molecular complexity index is 1200. The highest BCUT2D eigenvalue weighted by atomic mass is 16.5. The quantitative estimate of drug-likeness (QED) is 0.566. The molecule has 11 nitrogen and oxygen atoms in total. The molecule has 0 aliphatic carbocycles. The van der Waals surface area contributed by atoms with Gasteiger partial charge in [0.1, 0.15) is 37.1 Å². The zero-order chi connectivity index (χ0) is 21.4. The van der Waals surface area contributed by atoms with Crippen LogP contribution in [0.5, 0.6) is 0 Å². The number of aryl methyl sites for hydroxylation is 1. The second-order valence-electron chi connectivity index (χ2n) is 6.82. The zero-order valence-electron chi connectivity index (χ0n) is 16.6. The number of methoxy groups -OCH3 is 1. The van der Waals surface area contributed by atoms with E-state index in [1.807, 2.05) is 13.0 Å². The predicted molar refractivity (Wildman–Crippen MR) is 104 cm³/mol. The smallest absolute Gasteiger partial charge is 0.360 e. The molecule has 0 bridgehead atoms. The summed E-state index contributed by atoms with van der Waals surface area (Å²) >= 11 is 0. The van der Waals surface area contributed by atoms with Gasteiger partial charge in [-0.2, -0.15) is 0 Å². The van der Waals surface area contributed by atoms with Crippen LogP contribution in [0.4, 0.5) is 0 Å². The van der Waals surface area contributed by atoms with Gasteiger partial charge in [-0.1, -0.05) is 6.07 Å². The van der Waals surface area contributed by atoms with Gasteiger partial charge in [0.25, 0.3) is 0 Å². The summed E-state index contributed by atoms with van der Waals surface area (Å²) in [5, 5.41) is 0. The van der Waals surface area contributed by atoms with E-state index < -0.39 is 12.0 Å². The number of carbonyl (C=O) groups excluding carboxylic acids is 1. The number of esters is 1. The molecule has 0 amide bonds. The maximum absolute atomic E-state index is 11.6. The van der Waals surface area contributed by atoms with Crippen LogP contribution in [-0.2, 0) is 14.2 Å². The number of aromatic nitrogens is 3. The summed E-state index contributed by atoms with van der Waals surface area (Å²) in [4.78, 5) is 33.5. The Morgan fingerprint density at radius 1 is 0.935 bits per heavy atom. The fraction of sp³-hybridized carbons (Fsp3) is 0.300. The van der Waals surface area contributed by atoms with Crippen LogP contribution in [-0.4, -0.2) is 53.0 Å². The fourth-order valence-corrected chi connectivity index (χ4v) is 3.12. The average molecular weight is 423 g/mol. The Morgan fingerprint density at radius 3 is 2.13 bits per heavy atom. The van der Waals surface area contributed by atoms with E-state index in [9.17, 15) is 4.79 Å². The lowest BCUT2D eigenvalue weighted by Gasteiger charge is -2.04. The molecule has 2 unspecified atom stereocenters. The first kappa shape index (κ1) is 19.0. The largest absolute Gasteiger partial charge is 0.474 e. The van der Waals surface area contributed by atoms with Gasteiger partial charge in [-0.15, -0.1) is 0 Å². The number of ether oxygens (including phenoxy) is 3. The van der Waals surface area contributed by atoms with Crippen LogP contribution in [0.3, 0.4) is 0 Å². The van der Waals surface area contributed by atoms with E-state index in [4.69, 9.17) is 18.3 Å². The molecule has 11 heteroatoms. The van der Waals surface area contributed by atoms with Crippen molar-refractivity contribution in [1.29, 1.82) is 0 Å². The standard InChI is InChI=1S/C20H17N5O6/c1-10-6-28-18(21-10)13-7-29-16(23-13)11-4-3-5-12(22-11)17-24-14(8-30-17)19-25-15(9-31-19)20(26)27-2/h3-6,9,13-14H,7-8H2,1-2H3. The summed E-state index contributed by atoms with van der Waals surface area (Å²) < 4.78 is 26.8. The van der Waals surface area contributed by atoms with Crippen LogP contribution < -0.4 is 0 Å². The lowest BCUT2D eigenvalue weighted by molar-refractivity contribution is 0.0594. The van der Waals surface area contributed by atoms with Gasteiger partial charge < -0.3 is 23.0 Å². The molecule has 3 aromatic heterocycles. The molecule has 0 aromatic carbocycles. The lowest BCUT2D eigenvalue weighted by Crippen LogP contribution is -2.10. The van der Waals surface area contributed by atoms with Crippen LogP contribution in [0.1, 0.15) is 51.4 Å². The maximum atomic E-state index is 11.6. The highest BCUT2D eigenvalue weighted by Crippen LogP contribution is 2.26. The fourth-order valence-electron chi connectivity index (χ4n) is 3.12. The molecule has 5 rings (SSSR count). The van der Waals surface area contributed by atoms with E-state index in [1.165, 1.54) is 13.4 Å². The first-order valence-corrected chi connectivity index (χ1v) is 9.45. The van der Waals surface area contributed by atoms with Crippen molar-refractivity contribution in [3.8, 4) is 0 Å². The van der Waals surface area contributed by atoms with E-state index in [1.54, 1.807) is 18.4 Å². The third-order valence-corrected chi connectivity index (χ3v) is 4.61. The molecular formula is C20H17N5O6. The molecule has 0 fully saturated rings. The van der Waals surface area contributed by atoms with Gasteiger partial charge in [-0.05, 0) is 19.1 Å². The number of hydrogen-bond acceptors (Lipinski definition) is 11. The lowest BCUT2D eigenvalue weighted by atomic mass is 10.3. The summed E-state index contributed by atoms with van der Waals surface area (Å²) in [5.74, 6) is 0.922. The second-order valence-corrected chi connectivity index (χ2v) is 6.82. The molecule has 0 spiro atoms. The van der Waals surface area contributed by atoms with Gasteiger partial charge >= 0.3 is 5.97 Å². The molecule has 31 heavy (non-hydrogen) atoms. The van der Waals surface area contributed by atoms with Crippen molar-refractivity contribution < 1.29 is 27.8 Å². The molecule has 2 atom stereocenters. The Balaban J connectivity index is 1.35. The molecule has 2 aliphatic heterocycles. The third kappa shape index (κ3) is 3.65. The number of pyridine rings is 1. The second kappa shape index (κ2) is 7.67. The normalized spacial score (nSPS) is 20.1. The van der Waals surface area contributed by atoms with Crippen LogP contribution in [0.2, 0.25) is 0 Å². The molecule has 0 radical (unpaired) electrons. The minimum absolute atomic E-state index is 0.0773. The summed E-state index contributed by atoms with van der Waals surface area (Å²) in [6, 6.07) is 4.57. The van der Waals surface area contributed by atoms with E-state index in [0.29, 0.717) is 35.7 Å². The summed E-state index contributed by atoms with van der Waals surface area (Å²) in [7, 11) is 1.27. The molecule has 3 aromatic rings. The van der Waals surface area contributed by atoms with Crippen LogP contribution >= 0.6 is 0 Å². The monoisotopic (exact) mass is 423 g/mol. The number of hydrogen-bond donors (Lipinski definition) is 0. The predicted octanol–water partition coefficient (Wildman–Crippen LogP) is 2.19. The summed E-state index contributed by atoms with van der Waals surface area (Å²) in [6.45, 7) is 2.39. The molecular weight excluding hydrogens is 406 g/mol. The van der Waals surface area contributed by atoms with Gasteiger partial charge in [0, 0.05) is 0 Å². The first-order valence-electron chi connectivity index (χ1n) is 9.45. The van der Waals surface area contributed by atoms with E-state index >= 15 is 0 Å². The highest BCUT2D eigenvalue weighted by Gasteiger charge is 2.29. The van der Waals surface area contributed by atoms with Crippen molar-refractivity contribution in [2.24, 2.45) is 9.98 Å². The van der Waals surface area contributed by atoms with E-state index in [0.717, 1.165) is 5.69 Å². The number of rotatable bonds is 5. The zero-order valence-corrected chi connectivity index (χ0v) is 16.6. The minimum atomic E-state index is -0.581. The van der Waals surface area contributed by atoms with Gasteiger partial charge in [0.2, 0.25) is 23.6 Å². The van der Waals surface area contributed by atoms with Crippen molar-refractivity contribution in [3.05, 3.63) is 65.3 Å². The Labute approximate surface area is 175 Å². The number of nitrogens with zero attached hydrogens (tertiary/aromatic N) is 5. The van der Waals surface area contributed by atoms with E-state index in [2.05, 4.69) is 29.7 Å². The van der Waals surface area contributed by atoms with Gasteiger partial charge in [-0.25, -0.2) is 29.7 Å². The molecule has 158 valence electrons. The molecule has 5 heterocycles. The Hall–Kier alpha value is -4.02. The van der Waals surface area contributed by atoms with Crippen LogP contribution in [0.25, 0.3) is 0 Å². The number of oxazole rings is 2. The summed E-state index contributed by atoms with van der Waals surface area (Å²) in [6.07, 6.45) is 2.81. The highest BCUT2D eigenvalue weighted by molar-refractivity contribution is 5.97. The van der Waals surface area contributed by atoms with Crippen molar-refractivity contribution in [1.82, 2.24) is 15.0 Å². The molecule has 0 saturated heterocycles. The first-order chi connectivity index (χ1) is 15.1. The van der Waals surface area contributed by atoms with Crippen molar-refractivity contribution in [3.63, 3.8) is 0 Å². The Kier molecular flexibility index (Phi) is 4.69. The third-order valence-electron chi connectivity index (χ3n) is 4.61. The number of carbonyl (C=O) groups is 1. The van der Waals surface area contributed by atoms with Gasteiger partial charge in [0.05, 0.1) is 12.8 Å².